The maximum Gasteiger partial charge on any atom is 0.137 e. The first-order valence-corrected chi connectivity index (χ1v) is 7.94. The van der Waals surface area contributed by atoms with E-state index in [-0.39, 0.29) is 11.9 Å². The van der Waals surface area contributed by atoms with Crippen molar-refractivity contribution < 1.29 is 4.39 Å². The van der Waals surface area contributed by atoms with E-state index in [1.165, 1.54) is 6.07 Å². The van der Waals surface area contributed by atoms with Crippen LogP contribution >= 0.6 is 15.9 Å². The van der Waals surface area contributed by atoms with E-state index in [2.05, 4.69) is 61.0 Å². The molecule has 0 fully saturated rings. The van der Waals surface area contributed by atoms with Crippen LogP contribution in [0.1, 0.15) is 38.8 Å². The van der Waals surface area contributed by atoms with Crippen LogP contribution in [0.2, 0.25) is 0 Å². The van der Waals surface area contributed by atoms with Crippen molar-refractivity contribution in [3.63, 3.8) is 0 Å². The second-order valence-corrected chi connectivity index (χ2v) is 7.00. The lowest BCUT2D eigenvalue weighted by Gasteiger charge is -2.27. The first-order chi connectivity index (χ1) is 9.29. The third kappa shape index (κ3) is 5.90. The topological polar surface area (TPSA) is 15.3 Å². The summed E-state index contributed by atoms with van der Waals surface area (Å²) in [5, 5.41) is 3.66. The second-order valence-electron chi connectivity index (χ2n) is 6.15. The highest BCUT2D eigenvalue weighted by molar-refractivity contribution is 9.10. The van der Waals surface area contributed by atoms with Crippen LogP contribution in [-0.2, 0) is 0 Å². The maximum absolute atomic E-state index is 13.3. The summed E-state index contributed by atoms with van der Waals surface area (Å²) in [4.78, 5) is 2.20. The molecule has 1 N–H and O–H groups in total. The van der Waals surface area contributed by atoms with Gasteiger partial charge in [-0.05, 0) is 67.0 Å². The van der Waals surface area contributed by atoms with Crippen LogP contribution in [-0.4, -0.2) is 31.6 Å². The molecule has 0 saturated heterocycles. The summed E-state index contributed by atoms with van der Waals surface area (Å²) >= 11 is 3.25. The van der Waals surface area contributed by atoms with Gasteiger partial charge in [-0.15, -0.1) is 0 Å². The highest BCUT2D eigenvalue weighted by Crippen LogP contribution is 2.22. The molecule has 0 aliphatic rings. The van der Waals surface area contributed by atoms with Crippen molar-refractivity contribution in [1.82, 2.24) is 10.2 Å². The molecule has 0 saturated carbocycles. The van der Waals surface area contributed by atoms with Gasteiger partial charge in [0.2, 0.25) is 0 Å². The van der Waals surface area contributed by atoms with Gasteiger partial charge in [-0.25, -0.2) is 4.39 Å². The van der Waals surface area contributed by atoms with E-state index < -0.39 is 0 Å². The van der Waals surface area contributed by atoms with Gasteiger partial charge < -0.3 is 10.2 Å². The van der Waals surface area contributed by atoms with E-state index in [4.69, 9.17) is 0 Å². The molecule has 0 spiro atoms. The molecule has 0 aromatic heterocycles. The van der Waals surface area contributed by atoms with Gasteiger partial charge in [0.05, 0.1) is 4.47 Å². The zero-order valence-corrected chi connectivity index (χ0v) is 14.7. The Bertz CT molecular complexity index is 411. The van der Waals surface area contributed by atoms with Crippen molar-refractivity contribution in [2.24, 2.45) is 5.92 Å². The molecule has 1 aromatic rings. The third-order valence-corrected chi connectivity index (χ3v) is 3.88. The fourth-order valence-electron chi connectivity index (χ4n) is 2.44. The zero-order chi connectivity index (χ0) is 15.3. The molecule has 0 heterocycles. The van der Waals surface area contributed by atoms with Gasteiger partial charge in [0, 0.05) is 18.6 Å². The number of rotatable bonds is 7. The van der Waals surface area contributed by atoms with Crippen LogP contribution in [0.4, 0.5) is 4.39 Å². The number of hydrogen-bond donors (Lipinski definition) is 1. The first kappa shape index (κ1) is 17.6. The number of benzene rings is 1. The van der Waals surface area contributed by atoms with Gasteiger partial charge in [0.25, 0.3) is 0 Å². The fourth-order valence-corrected chi connectivity index (χ4v) is 2.83. The van der Waals surface area contributed by atoms with E-state index in [1.807, 2.05) is 12.1 Å². The molecule has 2 atom stereocenters. The third-order valence-electron chi connectivity index (χ3n) is 3.27. The smallest absolute Gasteiger partial charge is 0.137 e. The molecule has 20 heavy (non-hydrogen) atoms. The SMILES string of the molecule is CC(C)CC(CN(C)C)NC(C)c1ccc(F)c(Br)c1. The molecule has 0 aliphatic carbocycles. The highest BCUT2D eigenvalue weighted by Gasteiger charge is 2.16. The fraction of sp³-hybridized carbons (Fsp3) is 0.625. The van der Waals surface area contributed by atoms with Gasteiger partial charge >= 0.3 is 0 Å². The van der Waals surface area contributed by atoms with E-state index in [1.54, 1.807) is 0 Å². The maximum atomic E-state index is 13.3. The molecule has 0 radical (unpaired) electrons. The Kier molecular flexibility index (Phi) is 7.13. The number of hydrogen-bond acceptors (Lipinski definition) is 2. The van der Waals surface area contributed by atoms with Crippen LogP contribution in [0.3, 0.4) is 0 Å². The Hall–Kier alpha value is -0.450. The van der Waals surface area contributed by atoms with Crippen molar-refractivity contribution >= 4 is 15.9 Å². The zero-order valence-electron chi connectivity index (χ0n) is 13.1. The molecule has 114 valence electrons. The minimum absolute atomic E-state index is 0.204. The highest BCUT2D eigenvalue weighted by atomic mass is 79.9. The van der Waals surface area contributed by atoms with Gasteiger partial charge in [-0.3, -0.25) is 0 Å². The quantitative estimate of drug-likeness (QED) is 0.796. The molecule has 1 rings (SSSR count). The lowest BCUT2D eigenvalue weighted by molar-refractivity contribution is 0.291. The monoisotopic (exact) mass is 344 g/mol. The summed E-state index contributed by atoms with van der Waals surface area (Å²) in [6.07, 6.45) is 1.13. The van der Waals surface area contributed by atoms with Gasteiger partial charge in [0.15, 0.2) is 0 Å². The van der Waals surface area contributed by atoms with Crippen molar-refractivity contribution in [1.29, 1.82) is 0 Å². The molecule has 0 amide bonds. The van der Waals surface area contributed by atoms with Crippen LogP contribution in [0, 0.1) is 11.7 Å². The van der Waals surface area contributed by atoms with Crippen LogP contribution in [0.15, 0.2) is 22.7 Å². The first-order valence-electron chi connectivity index (χ1n) is 7.15. The molecule has 4 heteroatoms. The minimum atomic E-state index is -0.215. The van der Waals surface area contributed by atoms with E-state index in [9.17, 15) is 4.39 Å². The summed E-state index contributed by atoms with van der Waals surface area (Å²) in [7, 11) is 4.18. The molecule has 0 aliphatic heterocycles. The van der Waals surface area contributed by atoms with E-state index in [0.717, 1.165) is 18.5 Å². The summed E-state index contributed by atoms with van der Waals surface area (Å²) in [5.74, 6) is 0.438. The predicted molar refractivity (Wildman–Crippen MR) is 87.4 cm³/mol. The number of nitrogens with zero attached hydrogens (tertiary/aromatic N) is 1. The lowest BCUT2D eigenvalue weighted by Crippen LogP contribution is -2.40. The molecule has 2 nitrogen and oxygen atoms in total. The van der Waals surface area contributed by atoms with Crippen molar-refractivity contribution in [2.45, 2.75) is 39.3 Å². The second kappa shape index (κ2) is 8.11. The average Bonchev–Trinajstić information content (AvgIpc) is 2.30. The summed E-state index contributed by atoms with van der Waals surface area (Å²) < 4.78 is 13.8. The molecule has 2 unspecified atom stereocenters. The van der Waals surface area contributed by atoms with Crippen molar-refractivity contribution in [2.75, 3.05) is 20.6 Å². The number of likely N-dealkylation sites (N-methyl/N-ethyl adjacent to an activating group) is 1. The standard InChI is InChI=1S/C16H26BrFN2/c1-11(2)8-14(10-20(4)5)19-12(3)13-6-7-16(18)15(17)9-13/h6-7,9,11-12,14,19H,8,10H2,1-5H3. The molecular weight excluding hydrogens is 319 g/mol. The van der Waals surface area contributed by atoms with Gasteiger partial charge in [-0.1, -0.05) is 19.9 Å². The van der Waals surface area contributed by atoms with E-state index in [0.29, 0.717) is 16.4 Å². The average molecular weight is 345 g/mol. The van der Waals surface area contributed by atoms with E-state index >= 15 is 0 Å². The summed E-state index contributed by atoms with van der Waals surface area (Å²) in [5.41, 5.74) is 1.10. The van der Waals surface area contributed by atoms with Gasteiger partial charge in [-0.2, -0.15) is 0 Å². The summed E-state index contributed by atoms with van der Waals surface area (Å²) in [6, 6.07) is 5.86. The number of halogens is 2. The van der Waals surface area contributed by atoms with Crippen LogP contribution in [0.25, 0.3) is 0 Å². The van der Waals surface area contributed by atoms with Crippen molar-refractivity contribution in [3.05, 3.63) is 34.1 Å². The molecule has 0 bridgehead atoms. The molecule has 1 aromatic carbocycles. The Morgan fingerprint density at radius 1 is 1.25 bits per heavy atom. The van der Waals surface area contributed by atoms with Gasteiger partial charge in [0.1, 0.15) is 5.82 Å². The molecular formula is C16H26BrFN2. The predicted octanol–water partition coefficient (Wildman–Crippen LogP) is 4.22. The van der Waals surface area contributed by atoms with Crippen LogP contribution in [0.5, 0.6) is 0 Å². The van der Waals surface area contributed by atoms with Crippen molar-refractivity contribution in [3.8, 4) is 0 Å². The number of nitrogens with one attached hydrogen (secondary N) is 1. The van der Waals surface area contributed by atoms with Crippen LogP contribution < -0.4 is 5.32 Å². The Balaban J connectivity index is 2.73. The minimum Gasteiger partial charge on any atom is -0.308 e. The Labute approximate surface area is 130 Å². The Morgan fingerprint density at radius 2 is 1.90 bits per heavy atom. The lowest BCUT2D eigenvalue weighted by atomic mass is 10.0. The summed E-state index contributed by atoms with van der Waals surface area (Å²) in [6.45, 7) is 7.61. The largest absolute Gasteiger partial charge is 0.308 e. The normalized spacial score (nSPS) is 14.8. The Morgan fingerprint density at radius 3 is 2.40 bits per heavy atom.